The maximum Gasteiger partial charge on any atom is 0.119 e. The van der Waals surface area contributed by atoms with Crippen molar-refractivity contribution < 1.29 is 14.6 Å². The summed E-state index contributed by atoms with van der Waals surface area (Å²) in [6, 6.07) is 18.7. The van der Waals surface area contributed by atoms with Gasteiger partial charge in [0.05, 0.1) is 30.9 Å². The molecule has 27 heavy (non-hydrogen) atoms. The molecule has 0 aliphatic heterocycles. The minimum atomic E-state index is -1.52. The van der Waals surface area contributed by atoms with Crippen LogP contribution in [0, 0.1) is 11.3 Å². The molecule has 0 aliphatic rings. The van der Waals surface area contributed by atoms with E-state index < -0.39 is 11.5 Å². The van der Waals surface area contributed by atoms with Gasteiger partial charge in [-0.1, -0.05) is 42.5 Å². The van der Waals surface area contributed by atoms with Gasteiger partial charge < -0.3 is 14.6 Å². The summed E-state index contributed by atoms with van der Waals surface area (Å²) in [5, 5.41) is 24.8. The largest absolute Gasteiger partial charge is 0.544 e. The number of carboxylic acids is 1. The molecule has 0 fully saturated rings. The number of aliphatic carboxylic acids is 1. The van der Waals surface area contributed by atoms with Gasteiger partial charge in [0.2, 0.25) is 0 Å². The van der Waals surface area contributed by atoms with E-state index >= 15 is 0 Å². The van der Waals surface area contributed by atoms with Crippen LogP contribution in [0.15, 0.2) is 66.4 Å². The van der Waals surface area contributed by atoms with Crippen LogP contribution in [-0.2, 0) is 11.3 Å². The van der Waals surface area contributed by atoms with Crippen LogP contribution in [-0.4, -0.2) is 22.9 Å². The molecule has 0 unspecified atom stereocenters. The molecular weight excluding hydrogens is 342 g/mol. The number of methoxy groups -OCH3 is 1. The molecular formula is C21H16N3O3-. The summed E-state index contributed by atoms with van der Waals surface area (Å²) in [5.41, 5.74) is 2.41. The van der Waals surface area contributed by atoms with E-state index in [0.29, 0.717) is 23.6 Å². The zero-order valence-electron chi connectivity index (χ0n) is 14.6. The lowest BCUT2D eigenvalue weighted by atomic mass is 10.1. The highest BCUT2D eigenvalue weighted by molar-refractivity contribution is 5.96. The number of nitrogens with zero attached hydrogens (tertiary/aromatic N) is 3. The Morgan fingerprint density at radius 1 is 1.26 bits per heavy atom. The Morgan fingerprint density at radius 3 is 2.70 bits per heavy atom. The third-order valence-corrected chi connectivity index (χ3v) is 3.96. The van der Waals surface area contributed by atoms with Gasteiger partial charge in [0.25, 0.3) is 0 Å². The first-order valence-electron chi connectivity index (χ1n) is 8.19. The van der Waals surface area contributed by atoms with Crippen molar-refractivity contribution in [3.8, 4) is 23.1 Å². The number of carbonyl (C=O) groups excluding carboxylic acids is 1. The number of ether oxygens (including phenoxy) is 1. The summed E-state index contributed by atoms with van der Waals surface area (Å²) < 4.78 is 6.96. The van der Waals surface area contributed by atoms with Crippen LogP contribution >= 0.6 is 0 Å². The van der Waals surface area contributed by atoms with E-state index in [2.05, 4.69) is 5.10 Å². The first-order chi connectivity index (χ1) is 13.1. The highest BCUT2D eigenvalue weighted by Gasteiger charge is 2.12. The number of nitriles is 1. The van der Waals surface area contributed by atoms with Gasteiger partial charge in [-0.15, -0.1) is 0 Å². The van der Waals surface area contributed by atoms with Crippen molar-refractivity contribution in [1.82, 2.24) is 9.78 Å². The number of carboxylic acid groups (broad SMARTS) is 1. The average Bonchev–Trinajstić information content (AvgIpc) is 3.09. The predicted octanol–water partition coefficient (Wildman–Crippen LogP) is 2.26. The first-order valence-corrected chi connectivity index (χ1v) is 8.19. The van der Waals surface area contributed by atoms with Gasteiger partial charge in [0, 0.05) is 17.3 Å². The molecule has 0 spiro atoms. The maximum absolute atomic E-state index is 11.1. The zero-order chi connectivity index (χ0) is 19.2. The molecule has 1 aromatic heterocycles. The molecule has 1 heterocycles. The molecule has 0 aliphatic carbocycles. The van der Waals surface area contributed by atoms with Crippen molar-refractivity contribution in [3.05, 3.63) is 77.5 Å². The van der Waals surface area contributed by atoms with Crippen LogP contribution in [0.5, 0.6) is 5.75 Å². The Morgan fingerprint density at radius 2 is 2.04 bits per heavy atom. The number of carbonyl (C=O) groups is 1. The second kappa shape index (κ2) is 8.02. The molecule has 3 rings (SSSR count). The SMILES string of the molecule is COc1cccc(-c2nn(Cc3ccccc3)cc2/C=C(\C#N)C(=O)[O-])c1. The van der Waals surface area contributed by atoms with Crippen LogP contribution < -0.4 is 9.84 Å². The van der Waals surface area contributed by atoms with Gasteiger partial charge in [0.15, 0.2) is 0 Å². The van der Waals surface area contributed by atoms with Gasteiger partial charge in [-0.25, -0.2) is 0 Å². The summed E-state index contributed by atoms with van der Waals surface area (Å²) in [7, 11) is 1.57. The number of rotatable bonds is 6. The van der Waals surface area contributed by atoms with Crippen molar-refractivity contribution in [2.45, 2.75) is 6.54 Å². The fraction of sp³-hybridized carbons (Fsp3) is 0.0952. The van der Waals surface area contributed by atoms with Gasteiger partial charge in [-0.05, 0) is 23.8 Å². The fourth-order valence-corrected chi connectivity index (χ4v) is 2.68. The van der Waals surface area contributed by atoms with E-state index in [9.17, 15) is 9.90 Å². The van der Waals surface area contributed by atoms with E-state index in [0.717, 1.165) is 11.1 Å². The lowest BCUT2D eigenvalue weighted by molar-refractivity contribution is -0.298. The first kappa shape index (κ1) is 18.0. The maximum atomic E-state index is 11.1. The van der Waals surface area contributed by atoms with Crippen LogP contribution in [0.25, 0.3) is 17.3 Å². The zero-order valence-corrected chi connectivity index (χ0v) is 14.6. The second-order valence-corrected chi connectivity index (χ2v) is 5.81. The summed E-state index contributed by atoms with van der Waals surface area (Å²) >= 11 is 0. The molecule has 3 aromatic rings. The third-order valence-electron chi connectivity index (χ3n) is 3.96. The third kappa shape index (κ3) is 4.22. The number of benzene rings is 2. The van der Waals surface area contributed by atoms with E-state index in [4.69, 9.17) is 10.00 Å². The Kier molecular flexibility index (Phi) is 5.33. The van der Waals surface area contributed by atoms with Crippen molar-refractivity contribution >= 4 is 12.0 Å². The molecule has 0 radical (unpaired) electrons. The molecule has 134 valence electrons. The van der Waals surface area contributed by atoms with Gasteiger partial charge >= 0.3 is 0 Å². The number of hydrogen-bond donors (Lipinski definition) is 0. The van der Waals surface area contributed by atoms with Crippen LogP contribution in [0.1, 0.15) is 11.1 Å². The summed E-state index contributed by atoms with van der Waals surface area (Å²) in [4.78, 5) is 11.1. The summed E-state index contributed by atoms with van der Waals surface area (Å²) in [6.07, 6.45) is 2.99. The van der Waals surface area contributed by atoms with Crippen LogP contribution in [0.4, 0.5) is 0 Å². The summed E-state index contributed by atoms with van der Waals surface area (Å²) in [5.74, 6) is -0.870. The molecule has 0 saturated heterocycles. The molecule has 0 saturated carbocycles. The quantitative estimate of drug-likeness (QED) is 0.498. The van der Waals surface area contributed by atoms with Crippen molar-refractivity contribution in [3.63, 3.8) is 0 Å². The minimum Gasteiger partial charge on any atom is -0.544 e. The molecule has 0 atom stereocenters. The van der Waals surface area contributed by atoms with E-state index in [1.165, 1.54) is 6.08 Å². The molecule has 6 heteroatoms. The molecule has 6 nitrogen and oxygen atoms in total. The lowest BCUT2D eigenvalue weighted by Crippen LogP contribution is -2.23. The normalized spacial score (nSPS) is 11.0. The van der Waals surface area contributed by atoms with E-state index in [1.54, 1.807) is 30.1 Å². The Hall–Kier alpha value is -3.85. The Bertz CT molecular complexity index is 1030. The van der Waals surface area contributed by atoms with Crippen LogP contribution in [0.2, 0.25) is 0 Å². The molecule has 2 aromatic carbocycles. The van der Waals surface area contributed by atoms with Crippen LogP contribution in [0.3, 0.4) is 0 Å². The predicted molar refractivity (Wildman–Crippen MR) is 98.4 cm³/mol. The van der Waals surface area contributed by atoms with E-state index in [1.807, 2.05) is 48.5 Å². The molecule has 0 amide bonds. The smallest absolute Gasteiger partial charge is 0.119 e. The van der Waals surface area contributed by atoms with Crippen molar-refractivity contribution in [2.75, 3.05) is 7.11 Å². The van der Waals surface area contributed by atoms with Crippen molar-refractivity contribution in [1.29, 1.82) is 5.26 Å². The summed E-state index contributed by atoms with van der Waals surface area (Å²) in [6.45, 7) is 0.513. The highest BCUT2D eigenvalue weighted by Crippen LogP contribution is 2.27. The van der Waals surface area contributed by atoms with Gasteiger partial charge in [-0.2, -0.15) is 10.4 Å². The van der Waals surface area contributed by atoms with E-state index in [-0.39, 0.29) is 0 Å². The lowest BCUT2D eigenvalue weighted by Gasteiger charge is -2.04. The fourth-order valence-electron chi connectivity index (χ4n) is 2.68. The van der Waals surface area contributed by atoms with Gasteiger partial charge in [-0.3, -0.25) is 4.68 Å². The number of hydrogen-bond acceptors (Lipinski definition) is 5. The second-order valence-electron chi connectivity index (χ2n) is 5.81. The molecule has 0 N–H and O–H groups in total. The monoisotopic (exact) mass is 358 g/mol. The number of aromatic nitrogens is 2. The minimum absolute atomic E-state index is 0.460. The molecule has 0 bridgehead atoms. The standard InChI is InChI=1S/C21H17N3O3/c1-27-19-9-5-8-16(11-19)20-18(10-17(12-22)21(25)26)14-24(23-20)13-15-6-3-2-4-7-15/h2-11,14H,13H2,1H3,(H,25,26)/p-1/b17-10+. The van der Waals surface area contributed by atoms with Crippen molar-refractivity contribution in [2.24, 2.45) is 0 Å². The Balaban J connectivity index is 2.09. The van der Waals surface area contributed by atoms with Gasteiger partial charge in [0.1, 0.15) is 11.8 Å². The Labute approximate surface area is 156 Å². The highest BCUT2D eigenvalue weighted by atomic mass is 16.5. The topological polar surface area (TPSA) is 91.0 Å². The average molecular weight is 358 g/mol.